The first kappa shape index (κ1) is 11.5. The predicted octanol–water partition coefficient (Wildman–Crippen LogP) is 3.05. The Labute approximate surface area is 96.9 Å². The van der Waals surface area contributed by atoms with E-state index in [-0.39, 0.29) is 6.10 Å². The Balaban J connectivity index is 2.01. The van der Waals surface area contributed by atoms with Gasteiger partial charge in [0.1, 0.15) is 5.75 Å². The van der Waals surface area contributed by atoms with E-state index in [1.165, 1.54) is 5.56 Å². The molecule has 2 N–H and O–H groups in total. The lowest BCUT2D eigenvalue weighted by Gasteiger charge is -2.30. The average Bonchev–Trinajstić information content (AvgIpc) is 2.30. The van der Waals surface area contributed by atoms with E-state index in [1.54, 1.807) is 12.1 Å². The van der Waals surface area contributed by atoms with E-state index in [9.17, 15) is 10.2 Å². The third-order valence-electron chi connectivity index (χ3n) is 3.87. The van der Waals surface area contributed by atoms with Crippen LogP contribution in [0, 0.1) is 5.92 Å². The highest BCUT2D eigenvalue weighted by Gasteiger charge is 2.24. The molecule has 1 aliphatic carbocycles. The highest BCUT2D eigenvalue weighted by Crippen LogP contribution is 2.36. The summed E-state index contributed by atoms with van der Waals surface area (Å²) in [6.07, 6.45) is 4.02. The van der Waals surface area contributed by atoms with Gasteiger partial charge in [0.05, 0.1) is 6.10 Å². The van der Waals surface area contributed by atoms with E-state index < -0.39 is 0 Å². The summed E-state index contributed by atoms with van der Waals surface area (Å²) in [7, 11) is 0. The smallest absolute Gasteiger partial charge is 0.115 e. The van der Waals surface area contributed by atoms with E-state index in [2.05, 4.69) is 6.92 Å². The van der Waals surface area contributed by atoms with Crippen LogP contribution in [0.25, 0.3) is 0 Å². The minimum atomic E-state index is -0.0803. The van der Waals surface area contributed by atoms with Crippen LogP contribution in [-0.4, -0.2) is 16.3 Å². The quantitative estimate of drug-likeness (QED) is 0.804. The number of aromatic hydroxyl groups is 1. The summed E-state index contributed by atoms with van der Waals surface area (Å²) in [4.78, 5) is 0. The molecule has 2 heteroatoms. The van der Waals surface area contributed by atoms with Crippen LogP contribution in [0.2, 0.25) is 0 Å². The molecular formula is C14H20O2. The first-order valence-electron chi connectivity index (χ1n) is 6.14. The van der Waals surface area contributed by atoms with Crippen molar-refractivity contribution in [1.29, 1.82) is 0 Å². The summed E-state index contributed by atoms with van der Waals surface area (Å²) in [5, 5.41) is 18.7. The molecule has 0 radical (unpaired) electrons. The van der Waals surface area contributed by atoms with E-state index in [0.717, 1.165) is 25.7 Å². The minimum Gasteiger partial charge on any atom is -0.508 e. The Bertz CT molecular complexity index is 323. The number of phenols is 1. The fourth-order valence-corrected chi connectivity index (χ4v) is 2.65. The number of rotatable bonds is 2. The maximum absolute atomic E-state index is 9.48. The molecule has 1 atom stereocenters. The van der Waals surface area contributed by atoms with E-state index in [0.29, 0.717) is 17.6 Å². The summed E-state index contributed by atoms with van der Waals surface area (Å²) in [5.74, 6) is 1.52. The maximum Gasteiger partial charge on any atom is 0.115 e. The van der Waals surface area contributed by atoms with E-state index in [4.69, 9.17) is 0 Å². The molecule has 1 fully saturated rings. The second-order valence-electron chi connectivity index (χ2n) is 4.95. The van der Waals surface area contributed by atoms with Crippen molar-refractivity contribution in [2.24, 2.45) is 5.92 Å². The van der Waals surface area contributed by atoms with Crippen LogP contribution in [0.4, 0.5) is 0 Å². The molecule has 1 unspecified atom stereocenters. The van der Waals surface area contributed by atoms with Gasteiger partial charge in [-0.15, -0.1) is 0 Å². The SMILES string of the molecule is CC(c1ccc(O)cc1)C1CCC(O)CC1. The van der Waals surface area contributed by atoms with Gasteiger partial charge in [0.15, 0.2) is 0 Å². The molecule has 1 aromatic rings. The normalized spacial score (nSPS) is 27.6. The van der Waals surface area contributed by atoms with Crippen LogP contribution in [0.3, 0.4) is 0 Å². The van der Waals surface area contributed by atoms with Gasteiger partial charge in [0.2, 0.25) is 0 Å². The molecule has 0 saturated heterocycles. The van der Waals surface area contributed by atoms with Crippen molar-refractivity contribution >= 4 is 0 Å². The van der Waals surface area contributed by atoms with Gasteiger partial charge < -0.3 is 10.2 Å². The van der Waals surface area contributed by atoms with Crippen LogP contribution < -0.4 is 0 Å². The van der Waals surface area contributed by atoms with Gasteiger partial charge in [-0.1, -0.05) is 19.1 Å². The van der Waals surface area contributed by atoms with Gasteiger partial charge in [-0.2, -0.15) is 0 Å². The fraction of sp³-hybridized carbons (Fsp3) is 0.571. The largest absolute Gasteiger partial charge is 0.508 e. The lowest BCUT2D eigenvalue weighted by Crippen LogP contribution is -2.21. The molecule has 1 aliphatic rings. The average molecular weight is 220 g/mol. The predicted molar refractivity (Wildman–Crippen MR) is 64.5 cm³/mol. The van der Waals surface area contributed by atoms with Crippen LogP contribution in [0.5, 0.6) is 5.75 Å². The second-order valence-corrected chi connectivity index (χ2v) is 4.95. The lowest BCUT2D eigenvalue weighted by molar-refractivity contribution is 0.103. The van der Waals surface area contributed by atoms with Gasteiger partial charge in [0.25, 0.3) is 0 Å². The third kappa shape index (κ3) is 2.56. The highest BCUT2D eigenvalue weighted by atomic mass is 16.3. The van der Waals surface area contributed by atoms with Crippen molar-refractivity contribution in [2.45, 2.75) is 44.6 Å². The molecule has 0 aromatic heterocycles. The summed E-state index contributed by atoms with van der Waals surface area (Å²) in [6, 6.07) is 7.52. The summed E-state index contributed by atoms with van der Waals surface area (Å²) in [5.41, 5.74) is 1.29. The number of hydrogen-bond donors (Lipinski definition) is 2. The summed E-state index contributed by atoms with van der Waals surface area (Å²) >= 11 is 0. The zero-order valence-electron chi connectivity index (χ0n) is 9.76. The second kappa shape index (κ2) is 4.88. The van der Waals surface area contributed by atoms with Crippen LogP contribution in [0.1, 0.15) is 44.1 Å². The Kier molecular flexibility index (Phi) is 3.49. The standard InChI is InChI=1S/C14H20O2/c1-10(11-2-6-13(15)7-3-11)12-4-8-14(16)9-5-12/h2-3,6-7,10,12,14-16H,4-5,8-9H2,1H3. The van der Waals surface area contributed by atoms with E-state index in [1.807, 2.05) is 12.1 Å². The summed E-state index contributed by atoms with van der Waals surface area (Å²) in [6.45, 7) is 2.24. The van der Waals surface area contributed by atoms with Crippen LogP contribution >= 0.6 is 0 Å². The molecule has 1 saturated carbocycles. The molecule has 0 spiro atoms. The molecular weight excluding hydrogens is 200 g/mol. The monoisotopic (exact) mass is 220 g/mol. The highest BCUT2D eigenvalue weighted by molar-refractivity contribution is 5.28. The van der Waals surface area contributed by atoms with Crippen molar-refractivity contribution in [2.75, 3.05) is 0 Å². The van der Waals surface area contributed by atoms with Gasteiger partial charge >= 0.3 is 0 Å². The van der Waals surface area contributed by atoms with Gasteiger partial charge in [-0.05, 0) is 55.2 Å². The van der Waals surface area contributed by atoms with Crippen molar-refractivity contribution in [3.8, 4) is 5.75 Å². The van der Waals surface area contributed by atoms with Crippen molar-refractivity contribution < 1.29 is 10.2 Å². The molecule has 2 rings (SSSR count). The number of aliphatic hydroxyl groups is 1. The fourth-order valence-electron chi connectivity index (χ4n) is 2.65. The van der Waals surface area contributed by atoms with Gasteiger partial charge in [-0.3, -0.25) is 0 Å². The Morgan fingerprint density at radius 3 is 2.19 bits per heavy atom. The zero-order valence-corrected chi connectivity index (χ0v) is 9.76. The number of phenolic OH excluding ortho intramolecular Hbond substituents is 1. The Hall–Kier alpha value is -1.02. The first-order chi connectivity index (χ1) is 7.66. The molecule has 2 nitrogen and oxygen atoms in total. The van der Waals surface area contributed by atoms with E-state index >= 15 is 0 Å². The minimum absolute atomic E-state index is 0.0803. The molecule has 88 valence electrons. The van der Waals surface area contributed by atoms with Crippen molar-refractivity contribution in [3.63, 3.8) is 0 Å². The molecule has 0 amide bonds. The maximum atomic E-state index is 9.48. The number of benzene rings is 1. The number of aliphatic hydroxyl groups excluding tert-OH is 1. The van der Waals surface area contributed by atoms with Crippen molar-refractivity contribution in [3.05, 3.63) is 29.8 Å². The topological polar surface area (TPSA) is 40.5 Å². The molecule has 0 heterocycles. The van der Waals surface area contributed by atoms with Crippen LogP contribution in [0.15, 0.2) is 24.3 Å². The molecule has 0 aliphatic heterocycles. The Morgan fingerprint density at radius 1 is 1.06 bits per heavy atom. The summed E-state index contributed by atoms with van der Waals surface area (Å²) < 4.78 is 0. The lowest BCUT2D eigenvalue weighted by atomic mass is 9.77. The zero-order chi connectivity index (χ0) is 11.5. The van der Waals surface area contributed by atoms with Gasteiger partial charge in [-0.25, -0.2) is 0 Å². The van der Waals surface area contributed by atoms with Crippen LogP contribution in [-0.2, 0) is 0 Å². The third-order valence-corrected chi connectivity index (χ3v) is 3.87. The molecule has 16 heavy (non-hydrogen) atoms. The number of hydrogen-bond acceptors (Lipinski definition) is 2. The van der Waals surface area contributed by atoms with Crippen molar-refractivity contribution in [1.82, 2.24) is 0 Å². The first-order valence-corrected chi connectivity index (χ1v) is 6.14. The Morgan fingerprint density at radius 2 is 1.62 bits per heavy atom. The molecule has 0 bridgehead atoms. The van der Waals surface area contributed by atoms with Gasteiger partial charge in [0, 0.05) is 0 Å². The molecule has 1 aromatic carbocycles.